The van der Waals surface area contributed by atoms with E-state index in [0.29, 0.717) is 17.9 Å². The third-order valence-corrected chi connectivity index (χ3v) is 3.75. The number of hydrogen-bond acceptors (Lipinski definition) is 3. The summed E-state index contributed by atoms with van der Waals surface area (Å²) in [6, 6.07) is 8.94. The first-order valence-electron chi connectivity index (χ1n) is 6.92. The maximum Gasteiger partial charge on any atom is 0.338 e. The van der Waals surface area contributed by atoms with E-state index in [-0.39, 0.29) is 12.0 Å². The quantitative estimate of drug-likeness (QED) is 0.803. The summed E-state index contributed by atoms with van der Waals surface area (Å²) >= 11 is 0. The molecule has 112 valence electrons. The number of urea groups is 1. The molecule has 1 heterocycles. The van der Waals surface area contributed by atoms with Crippen molar-refractivity contribution in [2.75, 3.05) is 20.7 Å². The SMILES string of the molecule is CCOC(=O)C1=C(C)N(C)C(=O)N(C)[C@@H]1c1ccccc1. The molecule has 1 aromatic carbocycles. The lowest BCUT2D eigenvalue weighted by atomic mass is 9.94. The van der Waals surface area contributed by atoms with E-state index in [0.717, 1.165) is 5.56 Å². The number of esters is 1. The van der Waals surface area contributed by atoms with Gasteiger partial charge in [0.25, 0.3) is 0 Å². The number of likely N-dealkylation sites (N-methyl/N-ethyl adjacent to an activating group) is 1. The topological polar surface area (TPSA) is 49.9 Å². The van der Waals surface area contributed by atoms with E-state index in [1.807, 2.05) is 30.3 Å². The zero-order valence-corrected chi connectivity index (χ0v) is 12.8. The van der Waals surface area contributed by atoms with Gasteiger partial charge in [-0.3, -0.25) is 0 Å². The average Bonchev–Trinajstić information content (AvgIpc) is 2.49. The van der Waals surface area contributed by atoms with Gasteiger partial charge in [-0.25, -0.2) is 9.59 Å². The van der Waals surface area contributed by atoms with Crippen LogP contribution < -0.4 is 0 Å². The molecule has 0 saturated carbocycles. The Bertz CT molecular complexity index is 580. The second-order valence-corrected chi connectivity index (χ2v) is 4.99. The Hall–Kier alpha value is -2.30. The third kappa shape index (κ3) is 2.63. The van der Waals surface area contributed by atoms with Crippen LogP contribution in [0.25, 0.3) is 0 Å². The van der Waals surface area contributed by atoms with Crippen molar-refractivity contribution in [1.29, 1.82) is 0 Å². The van der Waals surface area contributed by atoms with Gasteiger partial charge in [0.15, 0.2) is 0 Å². The van der Waals surface area contributed by atoms with Crippen molar-refractivity contribution in [1.82, 2.24) is 9.80 Å². The van der Waals surface area contributed by atoms with Crippen molar-refractivity contribution < 1.29 is 14.3 Å². The van der Waals surface area contributed by atoms with E-state index in [1.54, 1.807) is 32.8 Å². The summed E-state index contributed by atoms with van der Waals surface area (Å²) < 4.78 is 5.17. The molecular formula is C16H20N2O3. The van der Waals surface area contributed by atoms with E-state index < -0.39 is 6.04 Å². The molecule has 21 heavy (non-hydrogen) atoms. The Morgan fingerprint density at radius 3 is 2.43 bits per heavy atom. The zero-order valence-electron chi connectivity index (χ0n) is 12.8. The number of amides is 2. The Morgan fingerprint density at radius 2 is 1.86 bits per heavy atom. The first-order chi connectivity index (χ1) is 9.99. The molecule has 5 nitrogen and oxygen atoms in total. The molecular weight excluding hydrogens is 268 g/mol. The Balaban J connectivity index is 2.57. The number of benzene rings is 1. The van der Waals surface area contributed by atoms with Crippen LogP contribution >= 0.6 is 0 Å². The second-order valence-electron chi connectivity index (χ2n) is 4.99. The molecule has 0 unspecified atom stereocenters. The van der Waals surface area contributed by atoms with Gasteiger partial charge in [0.1, 0.15) is 0 Å². The van der Waals surface area contributed by atoms with Crippen LogP contribution in [0.2, 0.25) is 0 Å². The third-order valence-electron chi connectivity index (χ3n) is 3.75. The monoisotopic (exact) mass is 288 g/mol. The minimum atomic E-state index is -0.422. The minimum Gasteiger partial charge on any atom is -0.463 e. The van der Waals surface area contributed by atoms with E-state index in [2.05, 4.69) is 0 Å². The predicted octanol–water partition coefficient (Wildman–Crippen LogP) is 2.56. The minimum absolute atomic E-state index is 0.144. The van der Waals surface area contributed by atoms with Gasteiger partial charge in [-0.15, -0.1) is 0 Å². The number of rotatable bonds is 3. The van der Waals surface area contributed by atoms with Crippen molar-refractivity contribution in [3.63, 3.8) is 0 Å². The van der Waals surface area contributed by atoms with Crippen LogP contribution in [-0.2, 0) is 9.53 Å². The number of carbonyl (C=O) groups is 2. The van der Waals surface area contributed by atoms with Crippen LogP contribution in [-0.4, -0.2) is 42.5 Å². The van der Waals surface area contributed by atoms with Gasteiger partial charge in [0.05, 0.1) is 18.2 Å². The maximum atomic E-state index is 12.3. The van der Waals surface area contributed by atoms with E-state index in [9.17, 15) is 9.59 Å². The molecule has 1 aromatic rings. The Labute approximate surface area is 124 Å². The van der Waals surface area contributed by atoms with Gasteiger partial charge in [-0.2, -0.15) is 0 Å². The van der Waals surface area contributed by atoms with E-state index in [4.69, 9.17) is 4.74 Å². The van der Waals surface area contributed by atoms with E-state index >= 15 is 0 Å². The Kier molecular flexibility index (Phi) is 4.31. The van der Waals surface area contributed by atoms with Gasteiger partial charge in [0.2, 0.25) is 0 Å². The highest BCUT2D eigenvalue weighted by Crippen LogP contribution is 2.35. The summed E-state index contributed by atoms with van der Waals surface area (Å²) in [4.78, 5) is 27.7. The lowest BCUT2D eigenvalue weighted by Crippen LogP contribution is -2.47. The van der Waals surface area contributed by atoms with E-state index in [1.165, 1.54) is 4.90 Å². The van der Waals surface area contributed by atoms with Crippen LogP contribution in [0.5, 0.6) is 0 Å². The zero-order chi connectivity index (χ0) is 15.6. The molecule has 0 aliphatic carbocycles. The first-order valence-corrected chi connectivity index (χ1v) is 6.92. The fourth-order valence-electron chi connectivity index (χ4n) is 2.56. The summed E-state index contributed by atoms with van der Waals surface area (Å²) in [5.74, 6) is -0.380. The van der Waals surface area contributed by atoms with Crippen LogP contribution in [0.4, 0.5) is 4.79 Å². The average molecular weight is 288 g/mol. The lowest BCUT2D eigenvalue weighted by molar-refractivity contribution is -0.139. The highest BCUT2D eigenvalue weighted by Gasteiger charge is 2.38. The summed E-state index contributed by atoms with van der Waals surface area (Å²) in [5, 5.41) is 0. The second kappa shape index (κ2) is 5.99. The van der Waals surface area contributed by atoms with Gasteiger partial charge in [0, 0.05) is 19.8 Å². The molecule has 0 spiro atoms. The highest BCUT2D eigenvalue weighted by atomic mass is 16.5. The highest BCUT2D eigenvalue weighted by molar-refractivity contribution is 5.94. The fraction of sp³-hybridized carbons (Fsp3) is 0.375. The Morgan fingerprint density at radius 1 is 1.24 bits per heavy atom. The molecule has 0 bridgehead atoms. The first kappa shape index (κ1) is 15.1. The molecule has 1 atom stereocenters. The van der Waals surface area contributed by atoms with Crippen molar-refractivity contribution >= 4 is 12.0 Å². The molecule has 2 amide bonds. The molecule has 5 heteroatoms. The van der Waals surface area contributed by atoms with Gasteiger partial charge >= 0.3 is 12.0 Å². The molecule has 0 radical (unpaired) electrons. The fourth-order valence-corrected chi connectivity index (χ4v) is 2.56. The number of carbonyl (C=O) groups excluding carboxylic acids is 2. The smallest absolute Gasteiger partial charge is 0.338 e. The number of allylic oxidation sites excluding steroid dienone is 1. The summed E-state index contributed by atoms with van der Waals surface area (Å²) in [5.41, 5.74) is 2.03. The number of hydrogen-bond donors (Lipinski definition) is 0. The predicted molar refractivity (Wildman–Crippen MR) is 79.4 cm³/mol. The van der Waals surface area contributed by atoms with Crippen molar-refractivity contribution in [3.05, 3.63) is 47.2 Å². The van der Waals surface area contributed by atoms with Gasteiger partial charge in [-0.1, -0.05) is 30.3 Å². The summed E-state index contributed by atoms with van der Waals surface area (Å²) in [6.45, 7) is 3.85. The normalized spacial score (nSPS) is 19.0. The summed E-state index contributed by atoms with van der Waals surface area (Å²) in [6.07, 6.45) is 0. The van der Waals surface area contributed by atoms with Crippen LogP contribution in [0.15, 0.2) is 41.6 Å². The van der Waals surface area contributed by atoms with Crippen LogP contribution in [0.3, 0.4) is 0 Å². The molecule has 0 N–H and O–H groups in total. The molecule has 0 fully saturated rings. The van der Waals surface area contributed by atoms with Gasteiger partial charge < -0.3 is 14.5 Å². The number of ether oxygens (including phenoxy) is 1. The van der Waals surface area contributed by atoms with Crippen LogP contribution in [0, 0.1) is 0 Å². The molecule has 0 aromatic heterocycles. The summed E-state index contributed by atoms with van der Waals surface area (Å²) in [7, 11) is 3.36. The van der Waals surface area contributed by atoms with Crippen molar-refractivity contribution in [3.8, 4) is 0 Å². The lowest BCUT2D eigenvalue weighted by Gasteiger charge is -2.39. The molecule has 0 saturated heterocycles. The number of nitrogens with zero attached hydrogens (tertiary/aromatic N) is 2. The molecule has 1 aliphatic rings. The van der Waals surface area contributed by atoms with Crippen LogP contribution in [0.1, 0.15) is 25.5 Å². The standard InChI is InChI=1S/C16H20N2O3/c1-5-21-15(19)13-11(2)17(3)16(20)18(4)14(13)12-9-7-6-8-10-12/h6-10,14H,5H2,1-4H3/t14-/m1/s1. The van der Waals surface area contributed by atoms with Gasteiger partial charge in [-0.05, 0) is 19.4 Å². The molecule has 1 aliphatic heterocycles. The largest absolute Gasteiger partial charge is 0.463 e. The molecule has 2 rings (SSSR count). The van der Waals surface area contributed by atoms with Crippen molar-refractivity contribution in [2.24, 2.45) is 0 Å². The maximum absolute atomic E-state index is 12.3. The van der Waals surface area contributed by atoms with Crippen molar-refractivity contribution in [2.45, 2.75) is 19.9 Å².